The van der Waals surface area contributed by atoms with Crippen LogP contribution in [-0.4, -0.2) is 68.5 Å². The Kier molecular flexibility index (Phi) is 5.22. The van der Waals surface area contributed by atoms with Gasteiger partial charge in [-0.2, -0.15) is 0 Å². The fraction of sp³-hybridized carbons (Fsp3) is 0.556. The van der Waals surface area contributed by atoms with Crippen LogP contribution < -0.4 is 4.31 Å². The number of hydrogen-bond acceptors (Lipinski definition) is 4. The van der Waals surface area contributed by atoms with Gasteiger partial charge in [0.15, 0.2) is 0 Å². The maximum Gasteiger partial charge on any atom is 0.254 e. The number of piperazine rings is 1. The van der Waals surface area contributed by atoms with E-state index in [2.05, 4.69) is 0 Å². The van der Waals surface area contributed by atoms with Gasteiger partial charge in [-0.1, -0.05) is 6.07 Å². The van der Waals surface area contributed by atoms with Gasteiger partial charge in [0.1, 0.15) is 0 Å². The molecule has 8 heteroatoms. The summed E-state index contributed by atoms with van der Waals surface area (Å²) in [5.74, 6) is 0.0475. The second-order valence-electron chi connectivity index (χ2n) is 6.89. The van der Waals surface area contributed by atoms with Gasteiger partial charge in [-0.3, -0.25) is 13.9 Å². The molecule has 7 nitrogen and oxygen atoms in total. The second kappa shape index (κ2) is 7.26. The summed E-state index contributed by atoms with van der Waals surface area (Å²) in [6.45, 7) is 5.88. The molecule has 0 unspecified atom stereocenters. The standard InChI is InChI=1S/C18H25N3O4S/c1-14-5-6-16(13-17(14)21-7-3-4-12-26(21,24)25)18(23)20-10-8-19(9-11-20)15(2)22/h5-6,13H,3-4,7-12H2,1-2H3. The van der Waals surface area contributed by atoms with E-state index in [4.69, 9.17) is 0 Å². The van der Waals surface area contributed by atoms with Crippen LogP contribution in [0.1, 0.15) is 35.7 Å². The third-order valence-electron chi connectivity index (χ3n) is 5.09. The van der Waals surface area contributed by atoms with Crippen molar-refractivity contribution < 1.29 is 18.0 Å². The number of carbonyl (C=O) groups is 2. The molecule has 0 atom stereocenters. The molecule has 0 radical (unpaired) electrons. The molecule has 0 aromatic heterocycles. The average Bonchev–Trinajstić information content (AvgIpc) is 2.62. The SMILES string of the molecule is CC(=O)N1CCN(C(=O)c2ccc(C)c(N3CCCCS3(=O)=O)c2)CC1. The van der Waals surface area contributed by atoms with Gasteiger partial charge in [-0.25, -0.2) is 8.42 Å². The number of hydrogen-bond donors (Lipinski definition) is 0. The van der Waals surface area contributed by atoms with Crippen molar-refractivity contribution in [3.05, 3.63) is 29.3 Å². The van der Waals surface area contributed by atoms with Crippen LogP contribution in [0.15, 0.2) is 18.2 Å². The van der Waals surface area contributed by atoms with Gasteiger partial charge in [0.2, 0.25) is 15.9 Å². The van der Waals surface area contributed by atoms with Gasteiger partial charge in [0, 0.05) is 45.2 Å². The molecule has 2 aliphatic rings. The fourth-order valence-electron chi connectivity index (χ4n) is 3.48. The third-order valence-corrected chi connectivity index (χ3v) is 6.94. The summed E-state index contributed by atoms with van der Waals surface area (Å²) in [7, 11) is -3.32. The Balaban J connectivity index is 1.81. The second-order valence-corrected chi connectivity index (χ2v) is 8.91. The van der Waals surface area contributed by atoms with E-state index in [1.165, 1.54) is 11.2 Å². The zero-order valence-corrected chi connectivity index (χ0v) is 16.1. The van der Waals surface area contributed by atoms with Crippen molar-refractivity contribution >= 4 is 27.5 Å². The lowest BCUT2D eigenvalue weighted by atomic mass is 10.1. The van der Waals surface area contributed by atoms with Crippen LogP contribution >= 0.6 is 0 Å². The molecular formula is C18H25N3O4S. The van der Waals surface area contributed by atoms with E-state index in [0.717, 1.165) is 12.0 Å². The molecule has 0 bridgehead atoms. The Labute approximate surface area is 154 Å². The number of aryl methyl sites for hydroxylation is 1. The normalized spacial score (nSPS) is 20.2. The molecule has 2 aliphatic heterocycles. The van der Waals surface area contributed by atoms with Gasteiger partial charge in [-0.05, 0) is 37.5 Å². The third kappa shape index (κ3) is 3.70. The first kappa shape index (κ1) is 18.7. The van der Waals surface area contributed by atoms with Gasteiger partial charge < -0.3 is 9.80 Å². The average molecular weight is 379 g/mol. The molecule has 3 rings (SSSR count). The lowest BCUT2D eigenvalue weighted by molar-refractivity contribution is -0.130. The molecule has 2 saturated heterocycles. The first-order valence-corrected chi connectivity index (χ1v) is 10.6. The summed E-state index contributed by atoms with van der Waals surface area (Å²) < 4.78 is 26.3. The van der Waals surface area contributed by atoms with Crippen LogP contribution in [0.2, 0.25) is 0 Å². The zero-order chi connectivity index (χ0) is 18.9. The van der Waals surface area contributed by atoms with E-state index in [9.17, 15) is 18.0 Å². The maximum absolute atomic E-state index is 12.8. The smallest absolute Gasteiger partial charge is 0.254 e. The van der Waals surface area contributed by atoms with Crippen molar-refractivity contribution in [3.63, 3.8) is 0 Å². The monoisotopic (exact) mass is 379 g/mol. The lowest BCUT2D eigenvalue weighted by Crippen LogP contribution is -2.50. The van der Waals surface area contributed by atoms with Crippen molar-refractivity contribution in [1.82, 2.24) is 9.80 Å². The molecule has 2 fully saturated rings. The Morgan fingerprint density at radius 3 is 2.23 bits per heavy atom. The summed E-state index contributed by atoms with van der Waals surface area (Å²) in [5.41, 5.74) is 1.92. The summed E-state index contributed by atoms with van der Waals surface area (Å²) >= 11 is 0. The molecule has 0 aliphatic carbocycles. The minimum absolute atomic E-state index is 0.0185. The quantitative estimate of drug-likeness (QED) is 0.774. The number of carbonyl (C=O) groups excluding carboxylic acids is 2. The highest BCUT2D eigenvalue weighted by atomic mass is 32.2. The van der Waals surface area contributed by atoms with Crippen LogP contribution in [0.5, 0.6) is 0 Å². The molecule has 2 amide bonds. The largest absolute Gasteiger partial charge is 0.339 e. The van der Waals surface area contributed by atoms with Gasteiger partial charge >= 0.3 is 0 Å². The molecule has 0 spiro atoms. The van der Waals surface area contributed by atoms with Crippen LogP contribution in [0, 0.1) is 6.92 Å². The van der Waals surface area contributed by atoms with E-state index < -0.39 is 10.0 Å². The van der Waals surface area contributed by atoms with E-state index in [-0.39, 0.29) is 17.6 Å². The van der Waals surface area contributed by atoms with Crippen molar-refractivity contribution in [3.8, 4) is 0 Å². The van der Waals surface area contributed by atoms with E-state index >= 15 is 0 Å². The molecular weight excluding hydrogens is 354 g/mol. The Bertz CT molecular complexity index is 814. The van der Waals surface area contributed by atoms with Crippen LogP contribution in [0.4, 0.5) is 5.69 Å². The Morgan fingerprint density at radius 1 is 0.962 bits per heavy atom. The Morgan fingerprint density at radius 2 is 1.62 bits per heavy atom. The number of benzene rings is 1. The number of nitrogens with zero attached hydrogens (tertiary/aromatic N) is 3. The molecule has 142 valence electrons. The predicted octanol–water partition coefficient (Wildman–Crippen LogP) is 1.23. The molecule has 0 saturated carbocycles. The number of rotatable bonds is 2. The lowest BCUT2D eigenvalue weighted by Gasteiger charge is -2.34. The maximum atomic E-state index is 12.8. The van der Waals surface area contributed by atoms with Gasteiger partial charge in [0.05, 0.1) is 11.4 Å². The summed E-state index contributed by atoms with van der Waals surface area (Å²) in [6.07, 6.45) is 1.50. The summed E-state index contributed by atoms with van der Waals surface area (Å²) in [4.78, 5) is 27.7. The van der Waals surface area contributed by atoms with Crippen LogP contribution in [-0.2, 0) is 14.8 Å². The summed E-state index contributed by atoms with van der Waals surface area (Å²) in [5, 5.41) is 0. The summed E-state index contributed by atoms with van der Waals surface area (Å²) in [6, 6.07) is 5.24. The van der Waals surface area contributed by atoms with Crippen molar-refractivity contribution in [2.75, 3.05) is 42.8 Å². The van der Waals surface area contributed by atoms with Crippen LogP contribution in [0.3, 0.4) is 0 Å². The molecule has 1 aromatic carbocycles. The predicted molar refractivity (Wildman–Crippen MR) is 99.7 cm³/mol. The molecule has 0 N–H and O–H groups in total. The van der Waals surface area contributed by atoms with Gasteiger partial charge in [-0.15, -0.1) is 0 Å². The van der Waals surface area contributed by atoms with Crippen molar-refractivity contribution in [1.29, 1.82) is 0 Å². The Hall–Kier alpha value is -2.09. The number of anilines is 1. The molecule has 1 aromatic rings. The highest BCUT2D eigenvalue weighted by Gasteiger charge is 2.29. The minimum atomic E-state index is -3.32. The van der Waals surface area contributed by atoms with E-state index in [1.807, 2.05) is 6.92 Å². The highest BCUT2D eigenvalue weighted by Crippen LogP contribution is 2.28. The highest BCUT2D eigenvalue weighted by molar-refractivity contribution is 7.92. The van der Waals surface area contributed by atoms with E-state index in [1.54, 1.807) is 28.0 Å². The van der Waals surface area contributed by atoms with Crippen molar-refractivity contribution in [2.45, 2.75) is 26.7 Å². The first-order valence-electron chi connectivity index (χ1n) is 8.95. The minimum Gasteiger partial charge on any atom is -0.339 e. The number of amides is 2. The molecule has 2 heterocycles. The fourth-order valence-corrected chi connectivity index (χ4v) is 5.17. The number of sulfonamides is 1. The van der Waals surface area contributed by atoms with Crippen LogP contribution in [0.25, 0.3) is 0 Å². The first-order chi connectivity index (χ1) is 12.3. The topological polar surface area (TPSA) is 78.0 Å². The van der Waals surface area contributed by atoms with E-state index in [0.29, 0.717) is 50.4 Å². The van der Waals surface area contributed by atoms with Crippen molar-refractivity contribution in [2.24, 2.45) is 0 Å². The zero-order valence-electron chi connectivity index (χ0n) is 15.3. The van der Waals surface area contributed by atoms with Gasteiger partial charge in [0.25, 0.3) is 5.91 Å². The molecule has 26 heavy (non-hydrogen) atoms.